The lowest BCUT2D eigenvalue weighted by Gasteiger charge is -2.27. The van der Waals surface area contributed by atoms with Crippen molar-refractivity contribution < 1.29 is 18.9 Å². The summed E-state index contributed by atoms with van der Waals surface area (Å²) in [6.45, 7) is 7.38. The minimum atomic E-state index is -0.478. The Morgan fingerprint density at radius 2 is 2.03 bits per heavy atom. The number of carbonyl (C=O) groups is 2. The van der Waals surface area contributed by atoms with Crippen molar-refractivity contribution in [3.8, 4) is 11.3 Å². The van der Waals surface area contributed by atoms with Gasteiger partial charge in [0.05, 0.1) is 16.2 Å². The van der Waals surface area contributed by atoms with E-state index < -0.39 is 10.8 Å². The van der Waals surface area contributed by atoms with Crippen LogP contribution in [0.2, 0.25) is 0 Å². The van der Waals surface area contributed by atoms with Gasteiger partial charge in [0.15, 0.2) is 16.7 Å². The summed E-state index contributed by atoms with van der Waals surface area (Å²) >= 11 is 1.21. The Kier molecular flexibility index (Phi) is 5.01. The Labute approximate surface area is 182 Å². The molecule has 31 heavy (non-hydrogen) atoms. The van der Waals surface area contributed by atoms with Crippen LogP contribution in [0.15, 0.2) is 28.0 Å². The first-order valence-corrected chi connectivity index (χ1v) is 10.6. The van der Waals surface area contributed by atoms with Gasteiger partial charge in [-0.2, -0.15) is 0 Å². The van der Waals surface area contributed by atoms with Gasteiger partial charge in [-0.1, -0.05) is 26.0 Å². The Morgan fingerprint density at radius 1 is 1.29 bits per heavy atom. The van der Waals surface area contributed by atoms with E-state index in [9.17, 15) is 19.7 Å². The van der Waals surface area contributed by atoms with Crippen LogP contribution in [0.25, 0.3) is 11.3 Å². The molecule has 1 aliphatic carbocycles. The van der Waals surface area contributed by atoms with E-state index in [2.05, 4.69) is 10.3 Å². The second-order valence-corrected chi connectivity index (χ2v) is 9.40. The number of nitro benzene ring substituents is 1. The van der Waals surface area contributed by atoms with Gasteiger partial charge in [0.25, 0.3) is 11.6 Å². The maximum absolute atomic E-state index is 12.8. The number of furan rings is 1. The van der Waals surface area contributed by atoms with E-state index in [0.717, 1.165) is 0 Å². The number of hydrogen-bond acceptors (Lipinski definition) is 7. The zero-order valence-electron chi connectivity index (χ0n) is 17.6. The summed E-state index contributed by atoms with van der Waals surface area (Å²) in [4.78, 5) is 40.5. The first kappa shape index (κ1) is 20.9. The fourth-order valence-corrected chi connectivity index (χ4v) is 4.60. The molecule has 4 rings (SSSR count). The van der Waals surface area contributed by atoms with E-state index >= 15 is 0 Å². The fraction of sp³-hybridized carbons (Fsp3) is 0.318. The molecular weight excluding hydrogens is 418 g/mol. The largest absolute Gasteiger partial charge is 0.455 e. The van der Waals surface area contributed by atoms with Crippen LogP contribution in [-0.2, 0) is 6.42 Å². The molecule has 0 saturated heterocycles. The Hall–Kier alpha value is -3.33. The number of aryl methyl sites for hydroxylation is 1. The average molecular weight is 439 g/mol. The highest BCUT2D eigenvalue weighted by atomic mass is 32.1. The van der Waals surface area contributed by atoms with Gasteiger partial charge in [0, 0.05) is 41.0 Å². The number of carbonyl (C=O) groups excluding carboxylic acids is 2. The minimum absolute atomic E-state index is 0.0101. The lowest BCUT2D eigenvalue weighted by Crippen LogP contribution is -2.26. The van der Waals surface area contributed by atoms with E-state index in [1.54, 1.807) is 31.4 Å². The Morgan fingerprint density at radius 3 is 2.74 bits per heavy atom. The molecule has 0 spiro atoms. The molecule has 9 heteroatoms. The van der Waals surface area contributed by atoms with Gasteiger partial charge < -0.3 is 4.42 Å². The summed E-state index contributed by atoms with van der Waals surface area (Å²) in [6, 6.07) is 4.88. The predicted molar refractivity (Wildman–Crippen MR) is 117 cm³/mol. The van der Waals surface area contributed by atoms with Crippen LogP contribution in [0.5, 0.6) is 0 Å². The number of nitro groups is 1. The quantitative estimate of drug-likeness (QED) is 0.434. The van der Waals surface area contributed by atoms with Crippen molar-refractivity contribution in [2.24, 2.45) is 5.41 Å². The molecule has 1 aliphatic rings. The van der Waals surface area contributed by atoms with Gasteiger partial charge in [-0.15, -0.1) is 11.3 Å². The normalized spacial score (nSPS) is 14.9. The third kappa shape index (κ3) is 3.88. The lowest BCUT2D eigenvalue weighted by molar-refractivity contribution is -0.385. The van der Waals surface area contributed by atoms with Crippen molar-refractivity contribution in [2.75, 3.05) is 5.32 Å². The monoisotopic (exact) mass is 439 g/mol. The molecular formula is C22H21N3O5S. The van der Waals surface area contributed by atoms with Crippen LogP contribution in [0.3, 0.4) is 0 Å². The van der Waals surface area contributed by atoms with E-state index in [4.69, 9.17) is 4.42 Å². The van der Waals surface area contributed by atoms with Gasteiger partial charge in [0.2, 0.25) is 0 Å². The number of fused-ring (bicyclic) bond motifs is 1. The van der Waals surface area contributed by atoms with Gasteiger partial charge in [-0.05, 0) is 19.3 Å². The number of amides is 1. The van der Waals surface area contributed by atoms with E-state index in [1.807, 2.05) is 13.8 Å². The number of rotatable bonds is 4. The number of anilines is 1. The Balaban J connectivity index is 1.58. The third-order valence-corrected chi connectivity index (χ3v) is 6.17. The molecule has 0 fully saturated rings. The molecule has 1 N–H and O–H groups in total. The standard InChI is InChI=1S/C22H21N3O5S/c1-11-5-6-13(7-15(11)25(28)29)14-10-31-21(23-14)24-20(27)19-12(2)18-16(26)8-22(3,4)9-17(18)30-19/h5-7,10H,8-9H2,1-4H3,(H,23,24,27). The highest BCUT2D eigenvalue weighted by Crippen LogP contribution is 2.38. The number of nitrogens with zero attached hydrogens (tertiary/aromatic N) is 2. The van der Waals surface area contributed by atoms with Crippen molar-refractivity contribution >= 4 is 33.8 Å². The Bertz CT molecular complexity index is 1240. The lowest BCUT2D eigenvalue weighted by atomic mass is 9.76. The molecule has 2 heterocycles. The maximum atomic E-state index is 12.8. The number of Topliss-reactive ketones (excluding diaryl/α,β-unsaturated/α-hetero) is 1. The van der Waals surface area contributed by atoms with Crippen LogP contribution in [0, 0.1) is 29.4 Å². The van der Waals surface area contributed by atoms with Crippen LogP contribution >= 0.6 is 11.3 Å². The molecule has 8 nitrogen and oxygen atoms in total. The van der Waals surface area contributed by atoms with Gasteiger partial charge >= 0.3 is 0 Å². The zero-order chi connectivity index (χ0) is 22.5. The van der Waals surface area contributed by atoms with Crippen LogP contribution < -0.4 is 5.32 Å². The summed E-state index contributed by atoms with van der Waals surface area (Å²) in [7, 11) is 0. The molecule has 0 atom stereocenters. The predicted octanol–water partition coefficient (Wildman–Crippen LogP) is 5.34. The number of ketones is 1. The second-order valence-electron chi connectivity index (χ2n) is 8.55. The molecule has 3 aromatic rings. The molecule has 1 amide bonds. The highest BCUT2D eigenvalue weighted by Gasteiger charge is 2.37. The number of benzene rings is 1. The topological polar surface area (TPSA) is 115 Å². The van der Waals surface area contributed by atoms with Crippen molar-refractivity contribution in [2.45, 2.75) is 40.5 Å². The summed E-state index contributed by atoms with van der Waals surface area (Å²) in [6.07, 6.45) is 1.01. The second kappa shape index (κ2) is 7.42. The van der Waals surface area contributed by atoms with Crippen LogP contribution in [-0.4, -0.2) is 21.6 Å². The molecule has 0 radical (unpaired) electrons. The highest BCUT2D eigenvalue weighted by molar-refractivity contribution is 7.14. The number of thiazole rings is 1. The average Bonchev–Trinajstić information content (AvgIpc) is 3.25. The summed E-state index contributed by atoms with van der Waals surface area (Å²) < 4.78 is 5.79. The molecule has 0 aliphatic heterocycles. The van der Waals surface area contributed by atoms with Crippen LogP contribution in [0.4, 0.5) is 10.8 Å². The molecule has 0 unspecified atom stereocenters. The molecule has 2 aromatic heterocycles. The van der Waals surface area contributed by atoms with Crippen molar-refractivity contribution in [3.05, 3.63) is 61.9 Å². The minimum Gasteiger partial charge on any atom is -0.455 e. The molecule has 1 aromatic carbocycles. The van der Waals surface area contributed by atoms with Crippen molar-refractivity contribution in [1.29, 1.82) is 0 Å². The maximum Gasteiger partial charge on any atom is 0.293 e. The first-order valence-electron chi connectivity index (χ1n) is 9.73. The van der Waals surface area contributed by atoms with Gasteiger partial charge in [-0.25, -0.2) is 4.98 Å². The van der Waals surface area contributed by atoms with Crippen molar-refractivity contribution in [3.63, 3.8) is 0 Å². The smallest absolute Gasteiger partial charge is 0.293 e. The number of hydrogen-bond donors (Lipinski definition) is 1. The van der Waals surface area contributed by atoms with E-state index in [-0.39, 0.29) is 22.6 Å². The summed E-state index contributed by atoms with van der Waals surface area (Å²) in [5.41, 5.74) is 2.54. The zero-order valence-corrected chi connectivity index (χ0v) is 18.4. The first-order chi connectivity index (χ1) is 14.6. The van der Waals surface area contributed by atoms with Crippen molar-refractivity contribution in [1.82, 2.24) is 4.98 Å². The number of nitrogens with one attached hydrogen (secondary N) is 1. The molecule has 160 valence electrons. The van der Waals surface area contributed by atoms with E-state index in [0.29, 0.717) is 51.7 Å². The molecule has 0 saturated carbocycles. The van der Waals surface area contributed by atoms with E-state index in [1.165, 1.54) is 17.4 Å². The molecule has 0 bridgehead atoms. The SMILES string of the molecule is Cc1ccc(-c2csc(NC(=O)c3oc4c(c3C)C(=O)CC(C)(C)C4)n2)cc1[N+](=O)[O-]. The fourth-order valence-electron chi connectivity index (χ4n) is 3.88. The van der Waals surface area contributed by atoms with Gasteiger partial charge in [0.1, 0.15) is 5.76 Å². The summed E-state index contributed by atoms with van der Waals surface area (Å²) in [5.74, 6) is 0.173. The summed E-state index contributed by atoms with van der Waals surface area (Å²) in [5, 5.41) is 16.0. The third-order valence-electron chi connectivity index (χ3n) is 5.41. The van der Waals surface area contributed by atoms with Gasteiger partial charge in [-0.3, -0.25) is 25.0 Å². The van der Waals surface area contributed by atoms with Crippen LogP contribution in [0.1, 0.15) is 58.1 Å². The number of aromatic nitrogens is 1.